The number of guanidine groups is 1. The molecule has 9 heteroatoms. The standard InChI is InChI=1S/C13H11BrFN3O3S/c1-8-6-9(2-3-10(8)14)18-12(19)7-11(15)17-4-5-22(20,21)16-13(17)18/h2-3,6-7H,4-5H2,1H3. The van der Waals surface area contributed by atoms with Crippen LogP contribution in [0.1, 0.15) is 5.56 Å². The van der Waals surface area contributed by atoms with Gasteiger partial charge in [-0.1, -0.05) is 15.9 Å². The van der Waals surface area contributed by atoms with Crippen molar-refractivity contribution in [2.45, 2.75) is 6.92 Å². The Balaban J connectivity index is 2.18. The second-order valence-electron chi connectivity index (χ2n) is 4.90. The smallest absolute Gasteiger partial charge is 0.262 e. The van der Waals surface area contributed by atoms with Crippen LogP contribution in [0, 0.1) is 6.92 Å². The van der Waals surface area contributed by atoms with Gasteiger partial charge in [0.15, 0.2) is 0 Å². The number of aryl methyl sites for hydroxylation is 1. The van der Waals surface area contributed by atoms with Crippen LogP contribution in [-0.2, 0) is 14.8 Å². The average molecular weight is 388 g/mol. The van der Waals surface area contributed by atoms with Gasteiger partial charge < -0.3 is 0 Å². The van der Waals surface area contributed by atoms with Crippen molar-refractivity contribution in [1.29, 1.82) is 0 Å². The van der Waals surface area contributed by atoms with Crippen LogP contribution in [0.5, 0.6) is 0 Å². The molecular formula is C13H11BrFN3O3S. The highest BCUT2D eigenvalue weighted by Gasteiger charge is 2.37. The van der Waals surface area contributed by atoms with E-state index in [0.29, 0.717) is 5.69 Å². The van der Waals surface area contributed by atoms with Crippen LogP contribution in [0.25, 0.3) is 0 Å². The molecule has 1 amide bonds. The first-order valence-corrected chi connectivity index (χ1v) is 8.76. The number of benzene rings is 1. The first-order chi connectivity index (χ1) is 10.3. The van der Waals surface area contributed by atoms with Crippen molar-refractivity contribution < 1.29 is 17.6 Å². The van der Waals surface area contributed by atoms with Gasteiger partial charge in [-0.3, -0.25) is 9.69 Å². The number of nitrogens with zero attached hydrogens (tertiary/aromatic N) is 3. The average Bonchev–Trinajstić information content (AvgIpc) is 2.41. The monoisotopic (exact) mass is 387 g/mol. The Morgan fingerprint density at radius 2 is 2.09 bits per heavy atom. The van der Waals surface area contributed by atoms with Gasteiger partial charge in [0.2, 0.25) is 11.9 Å². The predicted octanol–water partition coefficient (Wildman–Crippen LogP) is 1.92. The number of fused-ring (bicyclic) bond motifs is 1. The Labute approximate surface area is 135 Å². The lowest BCUT2D eigenvalue weighted by molar-refractivity contribution is -0.113. The zero-order valence-corrected chi connectivity index (χ0v) is 13.9. The Hall–Kier alpha value is -1.74. The summed E-state index contributed by atoms with van der Waals surface area (Å²) >= 11 is 3.35. The van der Waals surface area contributed by atoms with Crippen LogP contribution < -0.4 is 4.90 Å². The third kappa shape index (κ3) is 2.54. The maximum absolute atomic E-state index is 13.9. The quantitative estimate of drug-likeness (QED) is 0.690. The minimum absolute atomic E-state index is 0.0806. The second kappa shape index (κ2) is 5.17. The first-order valence-electron chi connectivity index (χ1n) is 6.36. The van der Waals surface area contributed by atoms with Gasteiger partial charge in [0.1, 0.15) is 0 Å². The van der Waals surface area contributed by atoms with E-state index in [1.165, 1.54) is 0 Å². The van der Waals surface area contributed by atoms with E-state index in [1.807, 2.05) is 6.92 Å². The summed E-state index contributed by atoms with van der Waals surface area (Å²) in [5.74, 6) is -1.99. The lowest BCUT2D eigenvalue weighted by Crippen LogP contribution is -2.53. The molecule has 0 N–H and O–H groups in total. The van der Waals surface area contributed by atoms with Gasteiger partial charge in [-0.2, -0.15) is 4.39 Å². The molecule has 0 saturated carbocycles. The molecule has 0 fully saturated rings. The SMILES string of the molecule is Cc1cc(N2C(=O)C=C(F)N3CCS(=O)(=O)N=C32)ccc1Br. The molecule has 0 aromatic heterocycles. The number of carbonyl (C=O) groups is 1. The molecule has 6 nitrogen and oxygen atoms in total. The summed E-state index contributed by atoms with van der Waals surface area (Å²) < 4.78 is 41.8. The van der Waals surface area contributed by atoms with Gasteiger partial charge in [0, 0.05) is 11.0 Å². The van der Waals surface area contributed by atoms with Crippen LogP contribution >= 0.6 is 15.9 Å². The number of amides is 1. The molecule has 0 atom stereocenters. The topological polar surface area (TPSA) is 70.1 Å². The van der Waals surface area contributed by atoms with Crippen molar-refractivity contribution >= 4 is 43.5 Å². The van der Waals surface area contributed by atoms with E-state index >= 15 is 0 Å². The number of hydrogen-bond acceptors (Lipinski definition) is 4. The summed E-state index contributed by atoms with van der Waals surface area (Å²) in [7, 11) is -3.71. The third-order valence-electron chi connectivity index (χ3n) is 3.36. The molecule has 3 rings (SSSR count). The number of sulfonamides is 1. The normalized spacial score (nSPS) is 20.4. The Kier molecular flexibility index (Phi) is 3.56. The predicted molar refractivity (Wildman–Crippen MR) is 83.5 cm³/mol. The fraction of sp³-hybridized carbons (Fsp3) is 0.231. The first kappa shape index (κ1) is 15.2. The molecule has 1 aromatic carbocycles. The van der Waals surface area contributed by atoms with Crippen LogP contribution in [0.15, 0.2) is 39.1 Å². The molecule has 2 aliphatic rings. The molecule has 2 heterocycles. The highest BCUT2D eigenvalue weighted by molar-refractivity contribution is 9.10. The number of anilines is 1. The molecule has 0 aliphatic carbocycles. The van der Waals surface area contributed by atoms with Gasteiger partial charge in [-0.15, -0.1) is 4.40 Å². The van der Waals surface area contributed by atoms with Crippen LogP contribution in [-0.4, -0.2) is 37.5 Å². The van der Waals surface area contributed by atoms with E-state index in [2.05, 4.69) is 20.3 Å². The lowest BCUT2D eigenvalue weighted by atomic mass is 10.2. The zero-order valence-electron chi connectivity index (χ0n) is 11.5. The van der Waals surface area contributed by atoms with E-state index < -0.39 is 21.9 Å². The molecule has 0 saturated heterocycles. The van der Waals surface area contributed by atoms with E-state index in [9.17, 15) is 17.6 Å². The number of carbonyl (C=O) groups excluding carboxylic acids is 1. The van der Waals surface area contributed by atoms with Crippen molar-refractivity contribution in [3.8, 4) is 0 Å². The fourth-order valence-electron chi connectivity index (χ4n) is 2.24. The van der Waals surface area contributed by atoms with Gasteiger partial charge in [0.05, 0.1) is 17.5 Å². The molecule has 0 unspecified atom stereocenters. The van der Waals surface area contributed by atoms with Crippen LogP contribution in [0.3, 0.4) is 0 Å². The zero-order chi connectivity index (χ0) is 16.1. The maximum atomic E-state index is 13.9. The Bertz CT molecular complexity index is 835. The highest BCUT2D eigenvalue weighted by atomic mass is 79.9. The third-order valence-corrected chi connectivity index (χ3v) is 5.39. The summed E-state index contributed by atoms with van der Waals surface area (Å²) in [5, 5.41) is 0. The molecule has 0 radical (unpaired) electrons. The van der Waals surface area contributed by atoms with E-state index in [1.54, 1.807) is 18.2 Å². The maximum Gasteiger partial charge on any atom is 0.262 e. The van der Waals surface area contributed by atoms with E-state index in [0.717, 1.165) is 25.9 Å². The molecular weight excluding hydrogens is 377 g/mol. The van der Waals surface area contributed by atoms with Crippen molar-refractivity contribution in [1.82, 2.24) is 4.90 Å². The van der Waals surface area contributed by atoms with E-state index in [4.69, 9.17) is 0 Å². The van der Waals surface area contributed by atoms with Gasteiger partial charge in [-0.05, 0) is 30.7 Å². The summed E-state index contributed by atoms with van der Waals surface area (Å²) in [6.07, 6.45) is 0.828. The molecule has 2 aliphatic heterocycles. The molecule has 116 valence electrons. The summed E-state index contributed by atoms with van der Waals surface area (Å²) in [6, 6.07) is 5.06. The highest BCUT2D eigenvalue weighted by Crippen LogP contribution is 2.29. The summed E-state index contributed by atoms with van der Waals surface area (Å²) in [5.41, 5.74) is 1.28. The van der Waals surface area contributed by atoms with Crippen LogP contribution in [0.2, 0.25) is 0 Å². The Morgan fingerprint density at radius 1 is 1.36 bits per heavy atom. The molecule has 1 aromatic rings. The van der Waals surface area contributed by atoms with E-state index in [-0.39, 0.29) is 18.3 Å². The molecule has 0 spiro atoms. The lowest BCUT2D eigenvalue weighted by Gasteiger charge is -2.36. The minimum Gasteiger partial charge on any atom is -0.286 e. The van der Waals surface area contributed by atoms with Crippen molar-refractivity contribution in [3.05, 3.63) is 40.3 Å². The largest absolute Gasteiger partial charge is 0.286 e. The number of rotatable bonds is 1. The van der Waals surface area contributed by atoms with Crippen LogP contribution in [0.4, 0.5) is 10.1 Å². The number of hydrogen-bond donors (Lipinski definition) is 0. The van der Waals surface area contributed by atoms with Crippen molar-refractivity contribution in [2.75, 3.05) is 17.2 Å². The molecule has 0 bridgehead atoms. The van der Waals surface area contributed by atoms with Crippen molar-refractivity contribution in [2.24, 2.45) is 4.40 Å². The molecule has 22 heavy (non-hydrogen) atoms. The second-order valence-corrected chi connectivity index (χ2v) is 7.51. The van der Waals surface area contributed by atoms with Crippen molar-refractivity contribution in [3.63, 3.8) is 0 Å². The summed E-state index contributed by atoms with van der Waals surface area (Å²) in [6.45, 7) is 1.75. The van der Waals surface area contributed by atoms with Gasteiger partial charge in [-0.25, -0.2) is 13.3 Å². The number of halogens is 2. The minimum atomic E-state index is -3.71. The Morgan fingerprint density at radius 3 is 2.77 bits per heavy atom. The summed E-state index contributed by atoms with van der Waals surface area (Å²) in [4.78, 5) is 14.3. The fourth-order valence-corrected chi connectivity index (χ4v) is 3.42. The van der Waals surface area contributed by atoms with Gasteiger partial charge in [0.25, 0.3) is 15.9 Å². The van der Waals surface area contributed by atoms with Gasteiger partial charge >= 0.3 is 0 Å².